The molecule has 12 heteroatoms. The Morgan fingerprint density at radius 3 is 1.76 bits per heavy atom. The number of carbonyl (C=O) groups is 3. The van der Waals surface area contributed by atoms with Gasteiger partial charge in [0.05, 0.1) is 10.4 Å². The van der Waals surface area contributed by atoms with Gasteiger partial charge in [-0.3, -0.25) is 10.1 Å². The molecule has 0 saturated heterocycles. The van der Waals surface area contributed by atoms with E-state index in [9.17, 15) is 24.5 Å². The number of hydrogen-bond donors (Lipinski definition) is 0. The number of benzene rings is 1. The van der Waals surface area contributed by atoms with Crippen molar-refractivity contribution in [2.75, 3.05) is 4.90 Å². The number of ether oxygens (including phenoxy) is 3. The summed E-state index contributed by atoms with van der Waals surface area (Å²) >= 11 is 0. The molecule has 0 atom stereocenters. The van der Waals surface area contributed by atoms with Crippen LogP contribution in [-0.4, -0.2) is 49.8 Å². The summed E-state index contributed by atoms with van der Waals surface area (Å²) in [6, 6.07) is 3.53. The number of non-ortho nitro benzene ring substituents is 1. The van der Waals surface area contributed by atoms with Gasteiger partial charge < -0.3 is 14.2 Å². The van der Waals surface area contributed by atoms with Crippen LogP contribution in [0.2, 0.25) is 0 Å². The van der Waals surface area contributed by atoms with Crippen molar-refractivity contribution in [3.8, 4) is 0 Å². The Kier molecular flexibility index (Phi) is 6.96. The van der Waals surface area contributed by atoms with Crippen LogP contribution < -0.4 is 4.90 Å². The Hall–Kier alpha value is -3.70. The quantitative estimate of drug-likeness (QED) is 0.314. The lowest BCUT2D eigenvalue weighted by Crippen LogP contribution is -2.44. The highest BCUT2D eigenvalue weighted by molar-refractivity contribution is 6.14. The molecule has 1 aromatic heterocycles. The van der Waals surface area contributed by atoms with Gasteiger partial charge in [0.1, 0.15) is 16.8 Å². The lowest BCUT2D eigenvalue weighted by atomic mass is 10.2. The van der Waals surface area contributed by atoms with Crippen molar-refractivity contribution in [2.24, 2.45) is 0 Å². The minimum absolute atomic E-state index is 0.0458. The number of amides is 2. The van der Waals surface area contributed by atoms with E-state index in [1.807, 2.05) is 0 Å². The highest BCUT2D eigenvalue weighted by atomic mass is 16.6. The maximum Gasteiger partial charge on any atom is 0.435 e. The van der Waals surface area contributed by atoms with Crippen molar-refractivity contribution in [3.63, 3.8) is 0 Å². The van der Waals surface area contributed by atoms with Gasteiger partial charge >= 0.3 is 18.3 Å². The van der Waals surface area contributed by atoms with Gasteiger partial charge in [-0.2, -0.15) is 9.58 Å². The molecule has 12 nitrogen and oxygen atoms in total. The fourth-order valence-corrected chi connectivity index (χ4v) is 2.67. The smallest absolute Gasteiger partial charge is 0.435 e. The zero-order chi connectivity index (χ0) is 26.2. The summed E-state index contributed by atoms with van der Waals surface area (Å²) in [5, 5.41) is 15.5. The largest absolute Gasteiger partial charge is 0.443 e. The van der Waals surface area contributed by atoms with Crippen molar-refractivity contribution < 1.29 is 33.5 Å². The van der Waals surface area contributed by atoms with Crippen molar-refractivity contribution in [2.45, 2.75) is 79.1 Å². The van der Waals surface area contributed by atoms with E-state index in [4.69, 9.17) is 14.2 Å². The molecule has 0 aliphatic rings. The van der Waals surface area contributed by atoms with Gasteiger partial charge in [0.25, 0.3) is 5.69 Å². The van der Waals surface area contributed by atoms with Crippen LogP contribution in [0.3, 0.4) is 0 Å². The summed E-state index contributed by atoms with van der Waals surface area (Å²) in [6.45, 7) is 14.6. The maximum atomic E-state index is 13.0. The Bertz CT molecular complexity index is 1100. The Balaban J connectivity index is 2.78. The number of fused-ring (bicyclic) bond motifs is 1. The molecule has 1 aromatic carbocycles. The third-order valence-electron chi connectivity index (χ3n) is 3.79. The predicted octanol–water partition coefficient (Wildman–Crippen LogP) is 5.40. The molecule has 1 heterocycles. The number of nitro groups is 1. The second kappa shape index (κ2) is 8.92. The highest BCUT2D eigenvalue weighted by Gasteiger charge is 2.37. The molecule has 34 heavy (non-hydrogen) atoms. The molecule has 0 N–H and O–H groups in total. The van der Waals surface area contributed by atoms with Gasteiger partial charge in [-0.05, 0) is 68.4 Å². The summed E-state index contributed by atoms with van der Waals surface area (Å²) in [4.78, 5) is 50.2. The van der Waals surface area contributed by atoms with E-state index < -0.39 is 40.0 Å². The minimum Gasteiger partial charge on any atom is -0.443 e. The monoisotopic (exact) mass is 478 g/mol. The zero-order valence-electron chi connectivity index (χ0n) is 20.8. The van der Waals surface area contributed by atoms with Crippen molar-refractivity contribution in [1.29, 1.82) is 0 Å². The lowest BCUT2D eigenvalue weighted by molar-refractivity contribution is -0.384. The van der Waals surface area contributed by atoms with Crippen LogP contribution in [0.25, 0.3) is 10.9 Å². The number of aromatic nitrogens is 2. The second-order valence-electron chi connectivity index (χ2n) is 10.5. The van der Waals surface area contributed by atoms with E-state index in [0.717, 1.165) is 16.8 Å². The van der Waals surface area contributed by atoms with E-state index in [1.54, 1.807) is 62.3 Å². The molecule has 186 valence electrons. The van der Waals surface area contributed by atoms with Gasteiger partial charge in [-0.15, -0.1) is 5.10 Å². The van der Waals surface area contributed by atoms with Crippen LogP contribution in [-0.2, 0) is 14.2 Å². The van der Waals surface area contributed by atoms with Crippen LogP contribution in [0.4, 0.5) is 25.9 Å². The Labute approximate surface area is 196 Å². The molecule has 2 rings (SSSR count). The number of carbonyl (C=O) groups excluding carboxylic acids is 3. The van der Waals surface area contributed by atoms with Gasteiger partial charge in [0.2, 0.25) is 0 Å². The zero-order valence-corrected chi connectivity index (χ0v) is 20.8. The minimum atomic E-state index is -1.10. The molecule has 2 aromatic rings. The first kappa shape index (κ1) is 26.6. The third-order valence-corrected chi connectivity index (χ3v) is 3.79. The molecule has 0 radical (unpaired) electrons. The molecule has 0 spiro atoms. The molecule has 0 saturated carbocycles. The van der Waals surface area contributed by atoms with Crippen LogP contribution in [0.15, 0.2) is 18.2 Å². The fourth-order valence-electron chi connectivity index (χ4n) is 2.67. The highest BCUT2D eigenvalue weighted by Crippen LogP contribution is 2.32. The van der Waals surface area contributed by atoms with Crippen LogP contribution >= 0.6 is 0 Å². The summed E-state index contributed by atoms with van der Waals surface area (Å²) in [5.74, 6) is -0.306. The lowest BCUT2D eigenvalue weighted by Gasteiger charge is -2.27. The van der Waals surface area contributed by atoms with E-state index in [0.29, 0.717) is 4.90 Å². The summed E-state index contributed by atoms with van der Waals surface area (Å²) in [5.41, 5.74) is -3.23. The maximum absolute atomic E-state index is 13.0. The van der Waals surface area contributed by atoms with Crippen molar-refractivity contribution in [3.05, 3.63) is 28.3 Å². The van der Waals surface area contributed by atoms with Crippen molar-refractivity contribution in [1.82, 2.24) is 9.78 Å². The molecule has 0 bridgehead atoms. The van der Waals surface area contributed by atoms with Gasteiger partial charge in [0, 0.05) is 17.5 Å². The molecular formula is C22H30N4O8. The first-order valence-corrected chi connectivity index (χ1v) is 10.5. The standard InChI is InChI=1S/C22H30N4O8/c1-20(2,3)32-17(27)24(18(28)33-21(4,5)6)16-14-11-10-13(26(30)31)12-15(14)25(23-16)19(29)34-22(7,8)9/h10-12H,1-9H3. The summed E-state index contributed by atoms with van der Waals surface area (Å²) in [6.07, 6.45) is -3.16. The SMILES string of the molecule is CC(C)(C)OC(=O)N(C(=O)OC(C)(C)C)c1nn(C(=O)OC(C)(C)C)c2cc([N+](=O)[O-])ccc12. The van der Waals surface area contributed by atoms with Gasteiger partial charge in [-0.25, -0.2) is 14.4 Å². The molecule has 0 fully saturated rings. The van der Waals surface area contributed by atoms with Gasteiger partial charge in [-0.1, -0.05) is 0 Å². The molecule has 0 aliphatic heterocycles. The molecule has 2 amide bonds. The first-order chi connectivity index (χ1) is 15.3. The van der Waals surface area contributed by atoms with E-state index in [1.165, 1.54) is 6.07 Å². The average molecular weight is 479 g/mol. The summed E-state index contributed by atoms with van der Waals surface area (Å²) < 4.78 is 16.8. The average Bonchev–Trinajstić information content (AvgIpc) is 2.96. The van der Waals surface area contributed by atoms with E-state index in [2.05, 4.69) is 5.10 Å². The van der Waals surface area contributed by atoms with E-state index in [-0.39, 0.29) is 22.4 Å². The van der Waals surface area contributed by atoms with Crippen LogP contribution in [0, 0.1) is 10.1 Å². The Morgan fingerprint density at radius 2 is 1.35 bits per heavy atom. The first-order valence-electron chi connectivity index (χ1n) is 10.5. The molecule has 0 unspecified atom stereocenters. The predicted molar refractivity (Wildman–Crippen MR) is 123 cm³/mol. The number of nitrogens with zero attached hydrogens (tertiary/aromatic N) is 4. The number of hydrogen-bond acceptors (Lipinski definition) is 9. The number of nitro benzene ring substituents is 1. The number of rotatable bonds is 2. The normalized spacial score (nSPS) is 12.3. The number of imide groups is 1. The van der Waals surface area contributed by atoms with Crippen LogP contribution in [0.1, 0.15) is 62.3 Å². The third kappa shape index (κ3) is 6.65. The topological polar surface area (TPSA) is 143 Å². The Morgan fingerprint density at radius 1 is 0.882 bits per heavy atom. The van der Waals surface area contributed by atoms with Crippen LogP contribution in [0.5, 0.6) is 0 Å². The molecular weight excluding hydrogens is 448 g/mol. The fraction of sp³-hybridized carbons (Fsp3) is 0.545. The van der Waals surface area contributed by atoms with E-state index >= 15 is 0 Å². The van der Waals surface area contributed by atoms with Crippen molar-refractivity contribution >= 4 is 40.7 Å². The van der Waals surface area contributed by atoms with Gasteiger partial charge in [0.15, 0.2) is 5.82 Å². The number of anilines is 1. The second-order valence-corrected chi connectivity index (χ2v) is 10.5. The molecule has 0 aliphatic carbocycles. The summed E-state index contributed by atoms with van der Waals surface area (Å²) in [7, 11) is 0.